The minimum atomic E-state index is -0.573. The van der Waals surface area contributed by atoms with Gasteiger partial charge in [0.05, 0.1) is 17.2 Å². The Bertz CT molecular complexity index is 686. The maximum Gasteiger partial charge on any atom is 0.322 e. The number of hydrogen-bond donors (Lipinski definition) is 1. The van der Waals surface area contributed by atoms with Crippen molar-refractivity contribution >= 4 is 17.4 Å². The summed E-state index contributed by atoms with van der Waals surface area (Å²) in [7, 11) is 0. The number of likely N-dealkylation sites (tertiary alicyclic amines) is 1. The van der Waals surface area contributed by atoms with Crippen LogP contribution in [0.4, 0.5) is 16.2 Å². The number of carbonyl (C=O) groups excluding carboxylic acids is 1. The molecule has 1 atom stereocenters. The summed E-state index contributed by atoms with van der Waals surface area (Å²) in [5.74, 6) is 0.719. The van der Waals surface area contributed by atoms with Crippen LogP contribution in [0.1, 0.15) is 24.6 Å². The summed E-state index contributed by atoms with van der Waals surface area (Å²) in [6.45, 7) is 0.579. The van der Waals surface area contributed by atoms with Crippen LogP contribution in [0.5, 0.6) is 0 Å². The minimum Gasteiger partial charge on any atom is -0.467 e. The molecule has 1 aliphatic heterocycles. The molecule has 2 aromatic rings. The SMILES string of the molecule is O=C(Nc1ccncc1[N+](=O)[O-])N1CCC[C@H]1c1ccco1. The number of rotatable bonds is 3. The summed E-state index contributed by atoms with van der Waals surface area (Å²) in [6, 6.07) is 4.49. The molecule has 3 heterocycles. The fourth-order valence-corrected chi connectivity index (χ4v) is 2.61. The van der Waals surface area contributed by atoms with Crippen molar-refractivity contribution in [3.63, 3.8) is 0 Å². The Balaban J connectivity index is 1.79. The Morgan fingerprint density at radius 1 is 1.50 bits per heavy atom. The van der Waals surface area contributed by atoms with Crippen molar-refractivity contribution in [1.29, 1.82) is 0 Å². The molecule has 1 fully saturated rings. The van der Waals surface area contributed by atoms with Gasteiger partial charge >= 0.3 is 11.7 Å². The highest BCUT2D eigenvalue weighted by atomic mass is 16.6. The van der Waals surface area contributed by atoms with Crippen molar-refractivity contribution in [2.45, 2.75) is 18.9 Å². The number of nitrogens with one attached hydrogen (secondary N) is 1. The van der Waals surface area contributed by atoms with E-state index in [9.17, 15) is 14.9 Å². The molecule has 22 heavy (non-hydrogen) atoms. The predicted octanol–water partition coefficient (Wildman–Crippen LogP) is 2.95. The zero-order valence-corrected chi connectivity index (χ0v) is 11.6. The fraction of sp³-hybridized carbons (Fsp3) is 0.286. The highest BCUT2D eigenvalue weighted by Crippen LogP contribution is 2.33. The quantitative estimate of drug-likeness (QED) is 0.693. The molecule has 114 valence electrons. The maximum absolute atomic E-state index is 12.4. The number of furan rings is 1. The monoisotopic (exact) mass is 302 g/mol. The molecule has 0 bridgehead atoms. The molecule has 8 heteroatoms. The van der Waals surface area contributed by atoms with Gasteiger partial charge in [0.25, 0.3) is 0 Å². The van der Waals surface area contributed by atoms with Gasteiger partial charge in [0.15, 0.2) is 0 Å². The smallest absolute Gasteiger partial charge is 0.322 e. The standard InChI is InChI=1S/C14H14N4O4/c19-14(16-10-5-6-15-9-12(10)18(20)21)17-7-1-3-11(17)13-4-2-8-22-13/h2,4-6,8-9,11H,1,3,7H2,(H,15,16,19)/t11-/m0/s1. The lowest BCUT2D eigenvalue weighted by Crippen LogP contribution is -2.34. The van der Waals surface area contributed by atoms with Gasteiger partial charge in [-0.2, -0.15) is 0 Å². The molecule has 2 amide bonds. The Hall–Kier alpha value is -2.90. The molecule has 0 unspecified atom stereocenters. The van der Waals surface area contributed by atoms with Crippen molar-refractivity contribution in [3.8, 4) is 0 Å². The maximum atomic E-state index is 12.4. The number of aromatic nitrogens is 1. The van der Waals surface area contributed by atoms with E-state index in [0.29, 0.717) is 6.54 Å². The minimum absolute atomic E-state index is 0.134. The van der Waals surface area contributed by atoms with E-state index in [0.717, 1.165) is 24.8 Å². The number of amides is 2. The molecule has 0 aliphatic carbocycles. The summed E-state index contributed by atoms with van der Waals surface area (Å²) in [5, 5.41) is 13.6. The average molecular weight is 302 g/mol. The molecule has 2 aromatic heterocycles. The first-order chi connectivity index (χ1) is 10.7. The molecule has 8 nitrogen and oxygen atoms in total. The topological polar surface area (TPSA) is 102 Å². The van der Waals surface area contributed by atoms with Crippen LogP contribution < -0.4 is 5.32 Å². The first kappa shape index (κ1) is 14.1. The van der Waals surface area contributed by atoms with Crippen LogP contribution in [0.25, 0.3) is 0 Å². The zero-order chi connectivity index (χ0) is 15.5. The molecule has 0 spiro atoms. The molecule has 1 aliphatic rings. The Morgan fingerprint density at radius 3 is 3.09 bits per heavy atom. The van der Waals surface area contributed by atoms with Gasteiger partial charge in [0.1, 0.15) is 17.6 Å². The molecule has 0 radical (unpaired) electrons. The third kappa shape index (κ3) is 2.62. The van der Waals surface area contributed by atoms with E-state index < -0.39 is 4.92 Å². The van der Waals surface area contributed by atoms with E-state index in [1.165, 1.54) is 12.3 Å². The summed E-state index contributed by atoms with van der Waals surface area (Å²) >= 11 is 0. The zero-order valence-electron chi connectivity index (χ0n) is 11.6. The van der Waals surface area contributed by atoms with Crippen LogP contribution in [0.2, 0.25) is 0 Å². The highest BCUT2D eigenvalue weighted by Gasteiger charge is 2.32. The second-order valence-electron chi connectivity index (χ2n) is 4.95. The molecule has 3 rings (SSSR count). The van der Waals surface area contributed by atoms with Crippen molar-refractivity contribution < 1.29 is 14.1 Å². The number of nitrogens with zero attached hydrogens (tertiary/aromatic N) is 3. The Labute approximate surface area is 125 Å². The van der Waals surface area contributed by atoms with Gasteiger partial charge in [0, 0.05) is 12.7 Å². The lowest BCUT2D eigenvalue weighted by molar-refractivity contribution is -0.384. The Kier molecular flexibility index (Phi) is 3.73. The van der Waals surface area contributed by atoms with E-state index in [2.05, 4.69) is 10.3 Å². The van der Waals surface area contributed by atoms with Gasteiger partial charge in [-0.25, -0.2) is 4.79 Å². The van der Waals surface area contributed by atoms with E-state index >= 15 is 0 Å². The summed E-state index contributed by atoms with van der Waals surface area (Å²) in [4.78, 5) is 28.1. The largest absolute Gasteiger partial charge is 0.467 e. The number of carbonyl (C=O) groups is 1. The number of urea groups is 1. The summed E-state index contributed by atoms with van der Waals surface area (Å²) < 4.78 is 5.37. The van der Waals surface area contributed by atoms with E-state index in [1.54, 1.807) is 17.2 Å². The van der Waals surface area contributed by atoms with Crippen LogP contribution in [0.15, 0.2) is 41.3 Å². The van der Waals surface area contributed by atoms with Crippen molar-refractivity contribution in [1.82, 2.24) is 9.88 Å². The summed E-state index contributed by atoms with van der Waals surface area (Å²) in [5.41, 5.74) is -0.0975. The van der Waals surface area contributed by atoms with Crippen LogP contribution >= 0.6 is 0 Å². The van der Waals surface area contributed by atoms with Gasteiger partial charge in [0.2, 0.25) is 0 Å². The average Bonchev–Trinajstić information content (AvgIpc) is 3.18. The third-order valence-electron chi connectivity index (χ3n) is 3.62. The third-order valence-corrected chi connectivity index (χ3v) is 3.62. The van der Waals surface area contributed by atoms with Crippen LogP contribution in [0.3, 0.4) is 0 Å². The molecule has 0 saturated carbocycles. The first-order valence-electron chi connectivity index (χ1n) is 6.86. The van der Waals surface area contributed by atoms with E-state index in [-0.39, 0.29) is 23.4 Å². The van der Waals surface area contributed by atoms with Crippen molar-refractivity contribution in [2.75, 3.05) is 11.9 Å². The van der Waals surface area contributed by atoms with E-state index in [4.69, 9.17) is 4.42 Å². The number of hydrogen-bond acceptors (Lipinski definition) is 5. The van der Waals surface area contributed by atoms with Crippen molar-refractivity contribution in [2.24, 2.45) is 0 Å². The number of nitro groups is 1. The van der Waals surface area contributed by atoms with Gasteiger partial charge < -0.3 is 14.6 Å². The molecule has 1 N–H and O–H groups in total. The second-order valence-corrected chi connectivity index (χ2v) is 4.95. The normalized spacial score (nSPS) is 17.5. The fourth-order valence-electron chi connectivity index (χ4n) is 2.61. The second kappa shape index (κ2) is 5.84. The summed E-state index contributed by atoms with van der Waals surface area (Å²) in [6.07, 6.45) is 5.74. The molecular formula is C14H14N4O4. The van der Waals surface area contributed by atoms with Crippen LogP contribution in [0, 0.1) is 10.1 Å². The molecular weight excluding hydrogens is 288 g/mol. The van der Waals surface area contributed by atoms with E-state index in [1.807, 2.05) is 6.07 Å². The Morgan fingerprint density at radius 2 is 2.36 bits per heavy atom. The first-order valence-corrected chi connectivity index (χ1v) is 6.86. The predicted molar refractivity (Wildman–Crippen MR) is 77.3 cm³/mol. The lowest BCUT2D eigenvalue weighted by atomic mass is 10.2. The van der Waals surface area contributed by atoms with Crippen molar-refractivity contribution in [3.05, 3.63) is 52.7 Å². The van der Waals surface area contributed by atoms with Gasteiger partial charge in [-0.3, -0.25) is 15.1 Å². The molecule has 1 saturated heterocycles. The van der Waals surface area contributed by atoms with Gasteiger partial charge in [-0.1, -0.05) is 0 Å². The van der Waals surface area contributed by atoms with Gasteiger partial charge in [-0.15, -0.1) is 0 Å². The molecule has 0 aromatic carbocycles. The highest BCUT2D eigenvalue weighted by molar-refractivity contribution is 5.92. The lowest BCUT2D eigenvalue weighted by Gasteiger charge is -2.23. The van der Waals surface area contributed by atoms with Crippen LogP contribution in [-0.4, -0.2) is 27.4 Å². The van der Waals surface area contributed by atoms with Crippen LogP contribution in [-0.2, 0) is 0 Å². The number of anilines is 1. The van der Waals surface area contributed by atoms with Gasteiger partial charge in [-0.05, 0) is 31.0 Å². The number of pyridine rings is 1.